The van der Waals surface area contributed by atoms with Gasteiger partial charge in [-0.15, -0.1) is 0 Å². The van der Waals surface area contributed by atoms with Crippen LogP contribution >= 0.6 is 0 Å². The summed E-state index contributed by atoms with van der Waals surface area (Å²) in [5.41, 5.74) is 3.46. The Bertz CT molecular complexity index is 654. The van der Waals surface area contributed by atoms with E-state index in [0.29, 0.717) is 0 Å². The number of nitrogens with zero attached hydrogens (tertiary/aromatic N) is 1. The van der Waals surface area contributed by atoms with Crippen molar-refractivity contribution >= 4 is 23.0 Å². The van der Waals surface area contributed by atoms with Gasteiger partial charge in [0.15, 0.2) is 0 Å². The zero-order chi connectivity index (χ0) is 16.8. The molecule has 2 rings (SSSR count). The molecule has 5 nitrogen and oxygen atoms in total. The van der Waals surface area contributed by atoms with Gasteiger partial charge in [-0.05, 0) is 48.9 Å². The van der Waals surface area contributed by atoms with Crippen LogP contribution in [0.4, 0.5) is 17.1 Å². The predicted molar refractivity (Wildman–Crippen MR) is 94.8 cm³/mol. The SMILES string of the molecule is CC(Nc1cccc(CO)c1)C(=O)Nc1ccc(N(C)C)cc1. The van der Waals surface area contributed by atoms with Gasteiger partial charge in [-0.2, -0.15) is 0 Å². The van der Waals surface area contributed by atoms with Gasteiger partial charge in [-0.1, -0.05) is 12.1 Å². The van der Waals surface area contributed by atoms with Gasteiger partial charge in [0.05, 0.1) is 6.61 Å². The Morgan fingerprint density at radius 1 is 1.13 bits per heavy atom. The molecule has 0 bridgehead atoms. The van der Waals surface area contributed by atoms with Crippen molar-refractivity contribution in [2.45, 2.75) is 19.6 Å². The van der Waals surface area contributed by atoms with Crippen LogP contribution in [0.2, 0.25) is 0 Å². The molecule has 122 valence electrons. The molecule has 2 aromatic rings. The fourth-order valence-corrected chi connectivity index (χ4v) is 2.17. The number of amides is 1. The van der Waals surface area contributed by atoms with Crippen LogP contribution in [0.15, 0.2) is 48.5 Å². The molecule has 0 aliphatic heterocycles. The number of nitrogens with one attached hydrogen (secondary N) is 2. The molecule has 1 unspecified atom stereocenters. The monoisotopic (exact) mass is 313 g/mol. The second-order valence-electron chi connectivity index (χ2n) is 5.66. The van der Waals surface area contributed by atoms with E-state index in [1.807, 2.05) is 67.5 Å². The average molecular weight is 313 g/mol. The summed E-state index contributed by atoms with van der Waals surface area (Å²) >= 11 is 0. The van der Waals surface area contributed by atoms with E-state index in [0.717, 1.165) is 22.6 Å². The van der Waals surface area contributed by atoms with Crippen LogP contribution in [-0.4, -0.2) is 31.2 Å². The molecule has 0 saturated heterocycles. The maximum Gasteiger partial charge on any atom is 0.246 e. The second kappa shape index (κ2) is 7.65. The lowest BCUT2D eigenvalue weighted by Gasteiger charge is -2.17. The predicted octanol–water partition coefficient (Wildman–Crippen LogP) is 2.68. The number of aliphatic hydroxyl groups is 1. The third-order valence-corrected chi connectivity index (χ3v) is 3.54. The number of hydrogen-bond acceptors (Lipinski definition) is 4. The molecule has 3 N–H and O–H groups in total. The van der Waals surface area contributed by atoms with Crippen molar-refractivity contribution < 1.29 is 9.90 Å². The number of aliphatic hydroxyl groups excluding tert-OH is 1. The summed E-state index contributed by atoms with van der Waals surface area (Å²) in [5.74, 6) is -0.114. The first kappa shape index (κ1) is 16.8. The summed E-state index contributed by atoms with van der Waals surface area (Å²) in [6.45, 7) is 1.78. The largest absolute Gasteiger partial charge is 0.392 e. The quantitative estimate of drug-likeness (QED) is 0.767. The van der Waals surface area contributed by atoms with E-state index in [2.05, 4.69) is 10.6 Å². The molecular formula is C18H23N3O2. The second-order valence-corrected chi connectivity index (χ2v) is 5.66. The first-order valence-electron chi connectivity index (χ1n) is 7.54. The molecule has 1 amide bonds. The lowest BCUT2D eigenvalue weighted by Crippen LogP contribution is -2.31. The van der Waals surface area contributed by atoms with Crippen molar-refractivity contribution in [3.63, 3.8) is 0 Å². The number of carbonyl (C=O) groups excluding carboxylic acids is 1. The van der Waals surface area contributed by atoms with E-state index in [9.17, 15) is 4.79 Å². The molecule has 0 fully saturated rings. The van der Waals surface area contributed by atoms with Crippen LogP contribution in [0.5, 0.6) is 0 Å². The number of rotatable bonds is 6. The van der Waals surface area contributed by atoms with E-state index >= 15 is 0 Å². The highest BCUT2D eigenvalue weighted by atomic mass is 16.3. The van der Waals surface area contributed by atoms with Crippen molar-refractivity contribution in [1.82, 2.24) is 0 Å². The highest BCUT2D eigenvalue weighted by molar-refractivity contribution is 5.96. The Hall–Kier alpha value is -2.53. The lowest BCUT2D eigenvalue weighted by molar-refractivity contribution is -0.116. The molecule has 5 heteroatoms. The molecule has 0 aromatic heterocycles. The molecule has 0 radical (unpaired) electrons. The average Bonchev–Trinajstić information content (AvgIpc) is 2.55. The maximum atomic E-state index is 12.3. The van der Waals surface area contributed by atoms with Gasteiger partial charge in [-0.3, -0.25) is 4.79 Å². The molecular weight excluding hydrogens is 290 g/mol. The first-order chi connectivity index (χ1) is 11.0. The molecule has 0 aliphatic carbocycles. The van der Waals surface area contributed by atoms with E-state index < -0.39 is 6.04 Å². The molecule has 0 aliphatic rings. The van der Waals surface area contributed by atoms with Crippen molar-refractivity contribution in [2.75, 3.05) is 29.6 Å². The van der Waals surface area contributed by atoms with Crippen LogP contribution in [0.1, 0.15) is 12.5 Å². The van der Waals surface area contributed by atoms with Gasteiger partial charge in [0, 0.05) is 31.2 Å². The fraction of sp³-hybridized carbons (Fsp3) is 0.278. The van der Waals surface area contributed by atoms with E-state index in [1.165, 1.54) is 0 Å². The minimum atomic E-state index is -0.391. The van der Waals surface area contributed by atoms with Gasteiger partial charge in [0.1, 0.15) is 6.04 Å². The number of benzene rings is 2. The van der Waals surface area contributed by atoms with Crippen LogP contribution in [-0.2, 0) is 11.4 Å². The van der Waals surface area contributed by atoms with Crippen molar-refractivity contribution in [2.24, 2.45) is 0 Å². The molecule has 0 saturated carbocycles. The Balaban J connectivity index is 1.96. The zero-order valence-electron chi connectivity index (χ0n) is 13.7. The van der Waals surface area contributed by atoms with Crippen LogP contribution < -0.4 is 15.5 Å². The van der Waals surface area contributed by atoms with E-state index in [4.69, 9.17) is 5.11 Å². The summed E-state index contributed by atoms with van der Waals surface area (Å²) in [4.78, 5) is 14.3. The van der Waals surface area contributed by atoms with Gasteiger partial charge in [0.2, 0.25) is 5.91 Å². The molecule has 2 aromatic carbocycles. The van der Waals surface area contributed by atoms with E-state index in [1.54, 1.807) is 6.92 Å². The summed E-state index contributed by atoms with van der Waals surface area (Å²) in [5, 5.41) is 15.2. The number of hydrogen-bond donors (Lipinski definition) is 3. The number of anilines is 3. The Labute approximate surface area is 136 Å². The summed E-state index contributed by atoms with van der Waals surface area (Å²) in [6, 6.07) is 14.7. The van der Waals surface area contributed by atoms with Crippen molar-refractivity contribution in [1.29, 1.82) is 0 Å². The normalized spacial score (nSPS) is 11.7. The first-order valence-corrected chi connectivity index (χ1v) is 7.54. The third-order valence-electron chi connectivity index (χ3n) is 3.54. The Morgan fingerprint density at radius 3 is 2.43 bits per heavy atom. The van der Waals surface area contributed by atoms with Crippen LogP contribution in [0.3, 0.4) is 0 Å². The van der Waals surface area contributed by atoms with Crippen molar-refractivity contribution in [3.8, 4) is 0 Å². The molecule has 1 atom stereocenters. The molecule has 23 heavy (non-hydrogen) atoms. The molecule has 0 spiro atoms. The highest BCUT2D eigenvalue weighted by Gasteiger charge is 2.13. The van der Waals surface area contributed by atoms with Crippen LogP contribution in [0.25, 0.3) is 0 Å². The van der Waals surface area contributed by atoms with E-state index in [-0.39, 0.29) is 12.5 Å². The van der Waals surface area contributed by atoms with Gasteiger partial charge >= 0.3 is 0 Å². The Morgan fingerprint density at radius 2 is 1.83 bits per heavy atom. The summed E-state index contributed by atoms with van der Waals surface area (Å²) in [6.07, 6.45) is 0. The summed E-state index contributed by atoms with van der Waals surface area (Å²) < 4.78 is 0. The lowest BCUT2D eigenvalue weighted by atomic mass is 10.2. The maximum absolute atomic E-state index is 12.3. The van der Waals surface area contributed by atoms with Gasteiger partial charge < -0.3 is 20.6 Å². The standard InChI is InChI=1S/C18H23N3O2/c1-13(19-16-6-4-5-14(11-16)12-22)18(23)20-15-7-9-17(10-8-15)21(2)3/h4-11,13,19,22H,12H2,1-3H3,(H,20,23). The van der Waals surface area contributed by atoms with Crippen molar-refractivity contribution in [3.05, 3.63) is 54.1 Å². The molecule has 0 heterocycles. The number of carbonyl (C=O) groups is 1. The topological polar surface area (TPSA) is 64.6 Å². The zero-order valence-corrected chi connectivity index (χ0v) is 13.7. The summed E-state index contributed by atoms with van der Waals surface area (Å²) in [7, 11) is 3.94. The fourth-order valence-electron chi connectivity index (χ4n) is 2.17. The minimum absolute atomic E-state index is 0.0195. The van der Waals surface area contributed by atoms with Gasteiger partial charge in [0.25, 0.3) is 0 Å². The Kier molecular flexibility index (Phi) is 5.60. The van der Waals surface area contributed by atoms with Crippen LogP contribution in [0, 0.1) is 0 Å². The minimum Gasteiger partial charge on any atom is -0.392 e. The van der Waals surface area contributed by atoms with Gasteiger partial charge in [-0.25, -0.2) is 0 Å². The highest BCUT2D eigenvalue weighted by Crippen LogP contribution is 2.16. The third kappa shape index (κ3) is 4.72. The smallest absolute Gasteiger partial charge is 0.246 e.